The van der Waals surface area contributed by atoms with E-state index in [0.29, 0.717) is 45.2 Å². The third-order valence-electron chi connectivity index (χ3n) is 12.0. The molecule has 2 fully saturated rings. The molecule has 0 unspecified atom stereocenters. The van der Waals surface area contributed by atoms with Gasteiger partial charge in [-0.3, -0.25) is 20.2 Å². The molecule has 4 aromatic heterocycles. The highest BCUT2D eigenvalue weighted by Crippen LogP contribution is 2.34. The minimum absolute atomic E-state index is 0.00333. The summed E-state index contributed by atoms with van der Waals surface area (Å²) in [6.45, 7) is 8.32. The van der Waals surface area contributed by atoms with Crippen molar-refractivity contribution in [1.29, 1.82) is 0 Å². The minimum Gasteiger partial charge on any atom is -0.383 e. The number of fused-ring (bicyclic) bond motifs is 2. The maximum atomic E-state index is 11.1. The van der Waals surface area contributed by atoms with Crippen LogP contribution < -0.4 is 21.3 Å². The van der Waals surface area contributed by atoms with Crippen LogP contribution in [0, 0.1) is 20.2 Å². The lowest BCUT2D eigenvalue weighted by Gasteiger charge is -2.34. The zero-order valence-corrected chi connectivity index (χ0v) is 35.4. The first kappa shape index (κ1) is 41.4. The van der Waals surface area contributed by atoms with Gasteiger partial charge in [0.2, 0.25) is 0 Å². The fourth-order valence-electron chi connectivity index (χ4n) is 8.16. The van der Waals surface area contributed by atoms with Gasteiger partial charge in [0.1, 0.15) is 11.6 Å². The highest BCUT2D eigenvalue weighted by Gasteiger charge is 2.20. The average Bonchev–Trinajstić information content (AvgIpc) is 3.96. The van der Waals surface area contributed by atoms with Crippen molar-refractivity contribution in [3.05, 3.63) is 142 Å². The van der Waals surface area contributed by atoms with Crippen LogP contribution in [-0.2, 0) is 0 Å². The number of nitro groups is 2. The second-order valence-electron chi connectivity index (χ2n) is 16.0. The van der Waals surface area contributed by atoms with Crippen LogP contribution in [0.1, 0.15) is 0 Å². The average molecular weight is 859 g/mol. The van der Waals surface area contributed by atoms with Crippen molar-refractivity contribution in [2.45, 2.75) is 0 Å². The SMILES string of the molecule is CN1CCN(c2ccc(-c3cnn4c(N)c(-c5cccc([N+](=O)[O-])c5)cnc34)cc2)CC1.CN1CCN(c2ccc(-c3cnn4c(N)c(-c5cccc([N+](=O)[O-])c5)cnc34)cc2)CC1. The van der Waals surface area contributed by atoms with Gasteiger partial charge in [0, 0.05) is 123 Å². The van der Waals surface area contributed by atoms with Gasteiger partial charge in [-0.15, -0.1) is 0 Å². The van der Waals surface area contributed by atoms with E-state index in [-0.39, 0.29) is 11.4 Å². The normalized spacial score (nSPS) is 14.7. The monoisotopic (exact) mass is 858 g/mol. The van der Waals surface area contributed by atoms with E-state index in [0.717, 1.165) is 74.6 Å². The maximum absolute atomic E-state index is 11.1. The maximum Gasteiger partial charge on any atom is 0.270 e. The standard InChI is InChI=1S/2C23H23N7O2/c2*1-27-9-11-28(12-10-27)18-7-5-16(6-8-18)21-15-26-29-22(24)20(14-25-23(21)29)17-3-2-4-19(13-17)30(31)32/h2*2-8,13-15H,9-12,24H2,1H3. The molecule has 324 valence electrons. The molecule has 18 heteroatoms. The molecule has 4 aromatic carbocycles. The molecule has 2 saturated heterocycles. The molecule has 6 heterocycles. The molecule has 0 bridgehead atoms. The molecule has 0 spiro atoms. The zero-order chi connectivity index (χ0) is 44.5. The van der Waals surface area contributed by atoms with Gasteiger partial charge >= 0.3 is 0 Å². The first-order valence-electron chi connectivity index (χ1n) is 20.8. The van der Waals surface area contributed by atoms with E-state index < -0.39 is 9.85 Å². The molecule has 2 aliphatic rings. The third kappa shape index (κ3) is 8.21. The molecule has 0 radical (unpaired) electrons. The summed E-state index contributed by atoms with van der Waals surface area (Å²) in [6.07, 6.45) is 6.79. The summed E-state index contributed by atoms with van der Waals surface area (Å²) in [5, 5.41) is 31.1. The summed E-state index contributed by atoms with van der Waals surface area (Å²) in [5.41, 5.74) is 22.7. The number of anilines is 4. The molecule has 8 aromatic rings. The minimum atomic E-state index is -0.427. The van der Waals surface area contributed by atoms with E-state index in [2.05, 4.69) is 102 Å². The van der Waals surface area contributed by atoms with Gasteiger partial charge in [0.25, 0.3) is 11.4 Å². The molecular formula is C46H46N14O4. The van der Waals surface area contributed by atoms with E-state index in [1.807, 2.05) is 0 Å². The summed E-state index contributed by atoms with van der Waals surface area (Å²) in [6, 6.07) is 29.5. The van der Waals surface area contributed by atoms with E-state index >= 15 is 0 Å². The van der Waals surface area contributed by atoms with Gasteiger partial charge in [0.15, 0.2) is 11.3 Å². The Hall–Kier alpha value is -7.96. The Kier molecular flexibility index (Phi) is 11.3. The fourth-order valence-corrected chi connectivity index (χ4v) is 8.16. The number of piperazine rings is 2. The first-order valence-corrected chi connectivity index (χ1v) is 20.8. The number of hydrogen-bond donors (Lipinski definition) is 2. The van der Waals surface area contributed by atoms with Crippen molar-refractivity contribution in [2.24, 2.45) is 0 Å². The Bertz CT molecular complexity index is 2790. The molecule has 64 heavy (non-hydrogen) atoms. The van der Waals surface area contributed by atoms with Gasteiger partial charge in [0.05, 0.1) is 22.2 Å². The van der Waals surface area contributed by atoms with Crippen LogP contribution in [0.4, 0.5) is 34.4 Å². The number of nitrogen functional groups attached to an aromatic ring is 2. The predicted molar refractivity (Wildman–Crippen MR) is 249 cm³/mol. The van der Waals surface area contributed by atoms with Crippen LogP contribution >= 0.6 is 0 Å². The van der Waals surface area contributed by atoms with Crippen molar-refractivity contribution >= 4 is 45.7 Å². The summed E-state index contributed by atoms with van der Waals surface area (Å²) in [7, 11) is 4.30. The number of benzene rings is 4. The molecule has 10 rings (SSSR count). The van der Waals surface area contributed by atoms with Crippen LogP contribution in [0.15, 0.2) is 122 Å². The van der Waals surface area contributed by atoms with Crippen LogP contribution in [-0.4, -0.2) is 115 Å². The topological polar surface area (TPSA) is 212 Å². The third-order valence-corrected chi connectivity index (χ3v) is 12.0. The van der Waals surface area contributed by atoms with Gasteiger partial charge in [-0.25, -0.2) is 9.97 Å². The fraction of sp³-hybridized carbons (Fsp3) is 0.217. The lowest BCUT2D eigenvalue weighted by Crippen LogP contribution is -2.44. The van der Waals surface area contributed by atoms with Crippen molar-refractivity contribution in [1.82, 2.24) is 39.0 Å². The van der Waals surface area contributed by atoms with Crippen molar-refractivity contribution in [3.8, 4) is 44.5 Å². The summed E-state index contributed by atoms with van der Waals surface area (Å²) in [5.74, 6) is 0.770. The number of nitro benzene ring substituents is 2. The van der Waals surface area contributed by atoms with Crippen molar-refractivity contribution in [3.63, 3.8) is 0 Å². The molecule has 0 saturated carbocycles. The Morgan fingerprint density at radius 2 is 0.859 bits per heavy atom. The van der Waals surface area contributed by atoms with Crippen molar-refractivity contribution < 1.29 is 9.85 Å². The molecule has 18 nitrogen and oxygen atoms in total. The second kappa shape index (κ2) is 17.4. The molecule has 4 N–H and O–H groups in total. The van der Waals surface area contributed by atoms with E-state index in [1.165, 1.54) is 35.6 Å². The summed E-state index contributed by atoms with van der Waals surface area (Å²) < 4.78 is 3.16. The molecule has 2 aliphatic heterocycles. The lowest BCUT2D eigenvalue weighted by atomic mass is 10.1. The zero-order valence-electron chi connectivity index (χ0n) is 35.4. The van der Waals surface area contributed by atoms with Crippen LogP contribution in [0.25, 0.3) is 55.8 Å². The van der Waals surface area contributed by atoms with E-state index in [4.69, 9.17) is 11.5 Å². The van der Waals surface area contributed by atoms with Gasteiger partial charge in [-0.1, -0.05) is 48.5 Å². The Balaban J connectivity index is 0.000000162. The van der Waals surface area contributed by atoms with Crippen LogP contribution in [0.3, 0.4) is 0 Å². The highest BCUT2D eigenvalue weighted by atomic mass is 16.6. The first-order chi connectivity index (χ1) is 31.0. The number of aromatic nitrogens is 6. The number of likely N-dealkylation sites (N-methyl/N-ethyl adjacent to an activating group) is 2. The summed E-state index contributed by atoms with van der Waals surface area (Å²) in [4.78, 5) is 40.0. The predicted octanol–water partition coefficient (Wildman–Crippen LogP) is 6.61. The summed E-state index contributed by atoms with van der Waals surface area (Å²) >= 11 is 0. The quantitative estimate of drug-likeness (QED) is 0.122. The Morgan fingerprint density at radius 1 is 0.484 bits per heavy atom. The van der Waals surface area contributed by atoms with Gasteiger partial charge < -0.3 is 31.1 Å². The van der Waals surface area contributed by atoms with Crippen LogP contribution in [0.2, 0.25) is 0 Å². The smallest absolute Gasteiger partial charge is 0.270 e. The number of hydrogen-bond acceptors (Lipinski definition) is 14. The molecular weight excluding hydrogens is 813 g/mol. The molecule has 0 atom stereocenters. The van der Waals surface area contributed by atoms with E-state index in [1.54, 1.807) is 58.1 Å². The lowest BCUT2D eigenvalue weighted by molar-refractivity contribution is -0.385. The number of nitrogens with zero attached hydrogens (tertiary/aromatic N) is 12. The van der Waals surface area contributed by atoms with Crippen molar-refractivity contribution in [2.75, 3.05) is 87.7 Å². The molecule has 0 aliphatic carbocycles. The van der Waals surface area contributed by atoms with E-state index in [9.17, 15) is 20.2 Å². The molecule has 0 amide bonds. The largest absolute Gasteiger partial charge is 0.383 e. The second-order valence-corrected chi connectivity index (χ2v) is 16.0. The van der Waals surface area contributed by atoms with Gasteiger partial charge in [-0.05, 0) is 60.6 Å². The van der Waals surface area contributed by atoms with Crippen LogP contribution in [0.5, 0.6) is 0 Å². The highest BCUT2D eigenvalue weighted by molar-refractivity contribution is 5.84. The number of rotatable bonds is 8. The van der Waals surface area contributed by atoms with Gasteiger partial charge in [-0.2, -0.15) is 19.2 Å². The Labute approximate surface area is 367 Å². The number of nitrogens with two attached hydrogens (primary N) is 2. The number of non-ortho nitro benzene ring substituents is 2. The Morgan fingerprint density at radius 3 is 1.22 bits per heavy atom.